The van der Waals surface area contributed by atoms with Crippen LogP contribution < -0.4 is 5.32 Å². The average molecular weight is 914 g/mol. The van der Waals surface area contributed by atoms with Gasteiger partial charge in [0.2, 0.25) is 0 Å². The molecule has 3 heterocycles. The van der Waals surface area contributed by atoms with Gasteiger partial charge in [0.25, 0.3) is 0 Å². The third-order valence-electron chi connectivity index (χ3n) is 11.1. The molecule has 0 bridgehead atoms. The van der Waals surface area contributed by atoms with Gasteiger partial charge in [0.1, 0.15) is 5.76 Å². The van der Waals surface area contributed by atoms with Crippen molar-refractivity contribution in [2.45, 2.75) is 114 Å². The van der Waals surface area contributed by atoms with E-state index in [0.29, 0.717) is 12.6 Å². The molecule has 5 aromatic rings. The second kappa shape index (κ2) is 16.7. The molecule has 0 unspecified atom stereocenters. The van der Waals surface area contributed by atoms with Crippen molar-refractivity contribution >= 4 is 70.8 Å². The van der Waals surface area contributed by atoms with Crippen LogP contribution in [0.5, 0.6) is 0 Å². The number of carbonyl (C=O) groups excluding carboxylic acids is 1. The van der Waals surface area contributed by atoms with Gasteiger partial charge >= 0.3 is 0 Å². The molecular weight excluding hydrogens is 857 g/mol. The smallest absolute Gasteiger partial charge is 0.164 e. The number of aliphatic imine (C=N–C) groups is 1. The molecule has 2 N–H and O–H groups in total. The number of aliphatic hydroxyl groups excluding tert-OH is 1. The first kappa shape index (κ1) is 41.9. The van der Waals surface area contributed by atoms with Gasteiger partial charge in [0.05, 0.1) is 12.4 Å². The summed E-state index contributed by atoms with van der Waals surface area (Å²) in [6, 6.07) is 21.8. The van der Waals surface area contributed by atoms with Crippen molar-refractivity contribution in [3.63, 3.8) is 0 Å². The van der Waals surface area contributed by atoms with Gasteiger partial charge in [0, 0.05) is 67.3 Å². The van der Waals surface area contributed by atoms with E-state index in [9.17, 15) is 9.90 Å². The molecule has 2 aromatic heterocycles. The molecule has 0 saturated carbocycles. The second-order valence-corrected chi connectivity index (χ2v) is 18.4. The Bertz CT molecular complexity index is 2100. The molecule has 0 aliphatic carbocycles. The van der Waals surface area contributed by atoms with Crippen molar-refractivity contribution < 1.29 is 30.0 Å². The third kappa shape index (κ3) is 8.59. The van der Waals surface area contributed by atoms with Gasteiger partial charge < -0.3 is 15.4 Å². The van der Waals surface area contributed by atoms with Gasteiger partial charge in [-0.2, -0.15) is 0 Å². The van der Waals surface area contributed by atoms with E-state index in [4.69, 9.17) is 4.99 Å². The van der Waals surface area contributed by atoms with Gasteiger partial charge in [-0.3, -0.25) is 4.79 Å². The number of fused-ring (bicyclic) bond motifs is 5. The van der Waals surface area contributed by atoms with E-state index in [2.05, 4.69) is 94.5 Å². The van der Waals surface area contributed by atoms with E-state index >= 15 is 0 Å². The Morgan fingerprint density at radius 1 is 0.904 bits per heavy atom. The number of rotatable bonds is 10. The van der Waals surface area contributed by atoms with Gasteiger partial charge in [-0.25, -0.2) is 0 Å². The van der Waals surface area contributed by atoms with Crippen molar-refractivity contribution in [3.8, 4) is 0 Å². The van der Waals surface area contributed by atoms with E-state index in [1.807, 2.05) is 64.2 Å². The molecule has 7 heteroatoms. The largest absolute Gasteiger partial charge is 0.512 e. The molecule has 0 spiro atoms. The molecule has 4 nitrogen and oxygen atoms in total. The number of aliphatic hydroxyl groups is 1. The topological polar surface area (TPSA) is 61.7 Å². The number of nitrogens with one attached hydrogen (secondary N) is 1. The molecule has 52 heavy (non-hydrogen) atoms. The minimum absolute atomic E-state index is 0. The molecule has 1 aliphatic rings. The Hall–Kier alpha value is -2.83. The Morgan fingerprint density at radius 3 is 2.17 bits per heavy atom. The first-order chi connectivity index (χ1) is 24.1. The standard InChI is InChI=1S/C30H29N2S2.C15H28O2.Ir/c1-17(2)10-21-12-19-13-23-26(15-25(19)33-21)34-29-27(31-16-32-28(23)29)20-11-18-8-6-7-9-22(18)24(14-20)30(3,4)5;1-7-14(5,8-2)12(16)11-13(17)15(6,9-3)10-4;/h6-9,12-15,17,32H,10,16H2,1-5H3;11,16H,7-10H2,1-6H3;/q-1;;/b;12-11-;. The molecule has 0 fully saturated rings. The van der Waals surface area contributed by atoms with Gasteiger partial charge in [-0.05, 0) is 67.0 Å². The number of benzene rings is 3. The van der Waals surface area contributed by atoms with E-state index < -0.39 is 0 Å². The maximum absolute atomic E-state index is 12.2. The zero-order valence-electron chi connectivity index (χ0n) is 33.0. The van der Waals surface area contributed by atoms with Crippen molar-refractivity contribution in [1.29, 1.82) is 0 Å². The van der Waals surface area contributed by atoms with Gasteiger partial charge in [-0.1, -0.05) is 105 Å². The molecule has 0 saturated heterocycles. The van der Waals surface area contributed by atoms with Crippen LogP contribution in [0.4, 0.5) is 5.69 Å². The van der Waals surface area contributed by atoms with Crippen LogP contribution in [-0.2, 0) is 36.7 Å². The van der Waals surface area contributed by atoms with Crippen LogP contribution >= 0.6 is 22.7 Å². The zero-order chi connectivity index (χ0) is 37.3. The van der Waals surface area contributed by atoms with E-state index in [1.165, 1.54) is 52.6 Å². The number of nitrogens with zero attached hydrogens (tertiary/aromatic N) is 1. The summed E-state index contributed by atoms with van der Waals surface area (Å²) in [5.41, 5.74) is 4.17. The number of carbonyl (C=O) groups is 1. The summed E-state index contributed by atoms with van der Waals surface area (Å²) in [4.78, 5) is 19.8. The third-order valence-corrected chi connectivity index (χ3v) is 13.4. The summed E-state index contributed by atoms with van der Waals surface area (Å²) in [5, 5.41) is 18.8. The minimum Gasteiger partial charge on any atom is -0.512 e. The normalized spacial score (nSPS) is 13.8. The number of anilines is 1. The first-order valence-electron chi connectivity index (χ1n) is 18.8. The zero-order valence-corrected chi connectivity index (χ0v) is 37.0. The molecule has 1 aliphatic heterocycles. The molecule has 281 valence electrons. The van der Waals surface area contributed by atoms with Gasteiger partial charge in [-0.15, -0.1) is 51.8 Å². The summed E-state index contributed by atoms with van der Waals surface area (Å²) in [5.74, 6) is 0.965. The number of thiophene rings is 2. The molecule has 3 aromatic carbocycles. The van der Waals surface area contributed by atoms with Gasteiger partial charge in [0.15, 0.2) is 5.78 Å². The maximum atomic E-state index is 12.2. The Balaban J connectivity index is 0.000000289. The maximum Gasteiger partial charge on any atom is 0.164 e. The molecule has 0 amide bonds. The van der Waals surface area contributed by atoms with Crippen LogP contribution in [0.2, 0.25) is 0 Å². The SMILES string of the molecule is CC(C)Cc1cc2cc3c4c(sc3cc2s1)C(c1[c-]c2ccccc2c(C(C)(C)C)c1)=NCN4.CCC(C)(CC)C(=O)/C=C(\O)C(C)(CC)CC.[Ir]. The summed E-state index contributed by atoms with van der Waals surface area (Å²) in [6.07, 6.45) is 5.90. The molecule has 0 atom stereocenters. The van der Waals surface area contributed by atoms with Crippen molar-refractivity contribution in [2.75, 3.05) is 12.0 Å². The Labute approximate surface area is 333 Å². The number of allylic oxidation sites excluding steroid dienone is 2. The van der Waals surface area contributed by atoms with Crippen LogP contribution in [0.15, 0.2) is 65.4 Å². The monoisotopic (exact) mass is 914 g/mol. The van der Waals surface area contributed by atoms with Crippen molar-refractivity contribution in [1.82, 2.24) is 0 Å². The van der Waals surface area contributed by atoms with E-state index in [0.717, 1.165) is 48.8 Å². The van der Waals surface area contributed by atoms with Crippen molar-refractivity contribution in [2.24, 2.45) is 21.7 Å². The summed E-state index contributed by atoms with van der Waals surface area (Å²) in [7, 11) is 0. The van der Waals surface area contributed by atoms with E-state index in [-0.39, 0.29) is 47.9 Å². The molecular formula is C45H57IrN2O2S2-. The van der Waals surface area contributed by atoms with Crippen LogP contribution in [0, 0.1) is 22.8 Å². The minimum atomic E-state index is -0.337. The predicted octanol–water partition coefficient (Wildman–Crippen LogP) is 13.4. The number of hydrogen-bond acceptors (Lipinski definition) is 6. The number of hydrogen-bond donors (Lipinski definition) is 2. The molecule has 6 rings (SSSR count). The first-order valence-corrected chi connectivity index (χ1v) is 20.4. The fourth-order valence-electron chi connectivity index (χ4n) is 6.67. The fraction of sp³-hybridized carbons (Fsp3) is 0.467. The summed E-state index contributed by atoms with van der Waals surface area (Å²) >= 11 is 3.79. The average Bonchev–Trinajstić information content (AvgIpc) is 3.67. The second-order valence-electron chi connectivity index (χ2n) is 16.2. The van der Waals surface area contributed by atoms with E-state index in [1.54, 1.807) is 0 Å². The van der Waals surface area contributed by atoms with Crippen LogP contribution in [-0.4, -0.2) is 23.3 Å². The fourth-order valence-corrected chi connectivity index (χ4v) is 9.27. The quantitative estimate of drug-likeness (QED) is 0.0834. The van der Waals surface area contributed by atoms with Crippen LogP contribution in [0.1, 0.15) is 123 Å². The summed E-state index contributed by atoms with van der Waals surface area (Å²) in [6.45, 7) is 24.1. The summed E-state index contributed by atoms with van der Waals surface area (Å²) < 4.78 is 2.71. The molecule has 1 radical (unpaired) electrons. The van der Waals surface area contributed by atoms with Crippen LogP contribution in [0.25, 0.3) is 30.9 Å². The van der Waals surface area contributed by atoms with Crippen molar-refractivity contribution in [3.05, 3.63) is 87.3 Å². The predicted molar refractivity (Wildman–Crippen MR) is 224 cm³/mol. The Morgan fingerprint density at radius 2 is 1.56 bits per heavy atom. The number of ketones is 1. The Kier molecular flexibility index (Phi) is 13.4. The van der Waals surface area contributed by atoms with Crippen LogP contribution in [0.3, 0.4) is 0 Å².